The SMILES string of the molecule is NCc1ccnc(Oc2cccc3c2c(Br)cn3CCc2ccc(F)cc2)c1. The summed E-state index contributed by atoms with van der Waals surface area (Å²) in [7, 11) is 0. The molecule has 2 N–H and O–H groups in total. The second-order valence-corrected chi connectivity index (χ2v) is 7.36. The standard InChI is InChI=1S/C22H19BrFN3O/c23-18-14-27(11-9-15-4-6-17(24)7-5-15)19-2-1-3-20(22(18)19)28-21-12-16(13-25)8-10-26-21/h1-8,10,12,14H,9,11,13,25H2. The van der Waals surface area contributed by atoms with Crippen molar-refractivity contribution in [2.75, 3.05) is 0 Å². The molecule has 0 fully saturated rings. The molecular weight excluding hydrogens is 421 g/mol. The minimum Gasteiger partial charge on any atom is -0.438 e. The smallest absolute Gasteiger partial charge is 0.219 e. The third-order valence-electron chi connectivity index (χ3n) is 4.63. The van der Waals surface area contributed by atoms with Gasteiger partial charge in [0.15, 0.2) is 0 Å². The highest BCUT2D eigenvalue weighted by Gasteiger charge is 2.13. The van der Waals surface area contributed by atoms with E-state index in [4.69, 9.17) is 10.5 Å². The maximum Gasteiger partial charge on any atom is 0.219 e. The molecule has 6 heteroatoms. The van der Waals surface area contributed by atoms with Gasteiger partial charge in [0.25, 0.3) is 0 Å². The van der Waals surface area contributed by atoms with Gasteiger partial charge >= 0.3 is 0 Å². The Hall–Kier alpha value is -2.70. The van der Waals surface area contributed by atoms with Gasteiger partial charge in [-0.05, 0) is 63.8 Å². The quantitative estimate of drug-likeness (QED) is 0.435. The first kappa shape index (κ1) is 18.7. The third kappa shape index (κ3) is 3.93. The molecule has 2 aromatic carbocycles. The summed E-state index contributed by atoms with van der Waals surface area (Å²) in [5, 5.41) is 0.988. The average Bonchev–Trinajstić information content (AvgIpc) is 3.04. The van der Waals surface area contributed by atoms with Crippen LogP contribution in [0.4, 0.5) is 4.39 Å². The maximum atomic E-state index is 13.1. The Morgan fingerprint density at radius 3 is 2.68 bits per heavy atom. The fourth-order valence-electron chi connectivity index (χ4n) is 3.19. The van der Waals surface area contributed by atoms with Crippen LogP contribution in [0.5, 0.6) is 11.6 Å². The molecule has 0 saturated heterocycles. The highest BCUT2D eigenvalue weighted by Crippen LogP contribution is 2.36. The first-order chi connectivity index (χ1) is 13.6. The summed E-state index contributed by atoms with van der Waals surface area (Å²) in [6.07, 6.45) is 4.55. The van der Waals surface area contributed by atoms with Crippen LogP contribution in [-0.2, 0) is 19.5 Å². The zero-order valence-corrected chi connectivity index (χ0v) is 16.7. The summed E-state index contributed by atoms with van der Waals surface area (Å²) in [5.41, 5.74) is 8.82. The first-order valence-electron chi connectivity index (χ1n) is 8.98. The van der Waals surface area contributed by atoms with Crippen LogP contribution in [0.3, 0.4) is 0 Å². The summed E-state index contributed by atoms with van der Waals surface area (Å²) in [5.74, 6) is 1.03. The molecule has 0 aliphatic rings. The van der Waals surface area contributed by atoms with Crippen molar-refractivity contribution in [2.45, 2.75) is 19.5 Å². The first-order valence-corrected chi connectivity index (χ1v) is 9.78. The zero-order chi connectivity index (χ0) is 19.5. The van der Waals surface area contributed by atoms with E-state index in [9.17, 15) is 4.39 Å². The molecule has 4 rings (SSSR count). The molecule has 142 valence electrons. The molecule has 0 amide bonds. The molecule has 0 unspecified atom stereocenters. The van der Waals surface area contributed by atoms with Crippen molar-refractivity contribution in [3.63, 3.8) is 0 Å². The number of pyridine rings is 1. The van der Waals surface area contributed by atoms with E-state index in [2.05, 4.69) is 31.5 Å². The van der Waals surface area contributed by atoms with Crippen molar-refractivity contribution >= 4 is 26.8 Å². The molecule has 0 radical (unpaired) electrons. The molecule has 0 aliphatic heterocycles. The topological polar surface area (TPSA) is 53.1 Å². The van der Waals surface area contributed by atoms with E-state index in [-0.39, 0.29) is 5.82 Å². The number of aromatic nitrogens is 2. The van der Waals surface area contributed by atoms with Crippen LogP contribution in [0.15, 0.2) is 71.5 Å². The average molecular weight is 440 g/mol. The van der Waals surface area contributed by atoms with E-state index in [1.807, 2.05) is 42.6 Å². The van der Waals surface area contributed by atoms with E-state index >= 15 is 0 Å². The number of hydrogen-bond acceptors (Lipinski definition) is 3. The zero-order valence-electron chi connectivity index (χ0n) is 15.1. The third-order valence-corrected chi connectivity index (χ3v) is 5.23. The molecule has 28 heavy (non-hydrogen) atoms. The molecule has 2 aromatic heterocycles. The van der Waals surface area contributed by atoms with Gasteiger partial charge in [-0.2, -0.15) is 0 Å². The van der Waals surface area contributed by atoms with Crippen molar-refractivity contribution in [2.24, 2.45) is 5.73 Å². The van der Waals surface area contributed by atoms with Gasteiger partial charge in [-0.25, -0.2) is 9.37 Å². The number of nitrogens with two attached hydrogens (primary N) is 1. The van der Waals surface area contributed by atoms with E-state index in [0.717, 1.165) is 45.2 Å². The Morgan fingerprint density at radius 2 is 1.89 bits per heavy atom. The molecule has 0 bridgehead atoms. The number of rotatable bonds is 6. The molecular formula is C22H19BrFN3O. The van der Waals surface area contributed by atoms with Crippen LogP contribution in [-0.4, -0.2) is 9.55 Å². The number of benzene rings is 2. The van der Waals surface area contributed by atoms with Gasteiger partial charge in [0.05, 0.1) is 10.9 Å². The maximum absolute atomic E-state index is 13.1. The normalized spacial score (nSPS) is 11.1. The van der Waals surface area contributed by atoms with Gasteiger partial charge in [0.1, 0.15) is 11.6 Å². The Kier molecular flexibility index (Phi) is 5.41. The minimum absolute atomic E-state index is 0.216. The second kappa shape index (κ2) is 8.12. The number of fused-ring (bicyclic) bond motifs is 1. The van der Waals surface area contributed by atoms with Crippen molar-refractivity contribution < 1.29 is 9.13 Å². The van der Waals surface area contributed by atoms with Crippen LogP contribution < -0.4 is 10.5 Å². The van der Waals surface area contributed by atoms with Crippen LogP contribution in [0.25, 0.3) is 10.9 Å². The molecule has 4 nitrogen and oxygen atoms in total. The largest absolute Gasteiger partial charge is 0.438 e. The number of hydrogen-bond donors (Lipinski definition) is 1. The fraction of sp³-hybridized carbons (Fsp3) is 0.136. The Labute approximate surface area is 170 Å². The van der Waals surface area contributed by atoms with Gasteiger partial charge in [-0.3, -0.25) is 0 Å². The predicted octanol–water partition coefficient (Wildman–Crippen LogP) is 5.43. The van der Waals surface area contributed by atoms with Gasteiger partial charge in [-0.1, -0.05) is 18.2 Å². The second-order valence-electron chi connectivity index (χ2n) is 6.51. The molecule has 2 heterocycles. The summed E-state index contributed by atoms with van der Waals surface area (Å²) in [6, 6.07) is 16.3. The summed E-state index contributed by atoms with van der Waals surface area (Å²) in [4.78, 5) is 4.28. The van der Waals surface area contributed by atoms with Crippen LogP contribution in [0.1, 0.15) is 11.1 Å². The fourth-order valence-corrected chi connectivity index (χ4v) is 3.83. The summed E-state index contributed by atoms with van der Waals surface area (Å²) in [6.45, 7) is 1.21. The summed E-state index contributed by atoms with van der Waals surface area (Å²) >= 11 is 3.66. The number of ether oxygens (including phenoxy) is 1. The lowest BCUT2D eigenvalue weighted by Crippen LogP contribution is -2.00. The minimum atomic E-state index is -0.216. The predicted molar refractivity (Wildman–Crippen MR) is 112 cm³/mol. The van der Waals surface area contributed by atoms with Gasteiger partial charge < -0.3 is 15.0 Å². The summed E-state index contributed by atoms with van der Waals surface area (Å²) < 4.78 is 22.3. The lowest BCUT2D eigenvalue weighted by Gasteiger charge is -2.09. The highest BCUT2D eigenvalue weighted by molar-refractivity contribution is 9.10. The van der Waals surface area contributed by atoms with Gasteiger partial charge in [0.2, 0.25) is 5.88 Å². The van der Waals surface area contributed by atoms with E-state index < -0.39 is 0 Å². The molecule has 0 saturated carbocycles. The van der Waals surface area contributed by atoms with Crippen molar-refractivity contribution in [1.29, 1.82) is 0 Å². The monoisotopic (exact) mass is 439 g/mol. The highest BCUT2D eigenvalue weighted by atomic mass is 79.9. The van der Waals surface area contributed by atoms with E-state index in [1.165, 1.54) is 12.1 Å². The lowest BCUT2D eigenvalue weighted by atomic mass is 10.1. The van der Waals surface area contributed by atoms with Crippen LogP contribution in [0, 0.1) is 5.82 Å². The van der Waals surface area contributed by atoms with Gasteiger partial charge in [-0.15, -0.1) is 0 Å². The Balaban J connectivity index is 1.62. The van der Waals surface area contributed by atoms with Crippen molar-refractivity contribution in [3.05, 3.63) is 88.4 Å². The molecule has 0 spiro atoms. The Bertz CT molecular complexity index is 1110. The van der Waals surface area contributed by atoms with Crippen LogP contribution >= 0.6 is 15.9 Å². The number of halogens is 2. The van der Waals surface area contributed by atoms with E-state index in [0.29, 0.717) is 12.4 Å². The van der Waals surface area contributed by atoms with Crippen molar-refractivity contribution in [1.82, 2.24) is 9.55 Å². The van der Waals surface area contributed by atoms with Gasteiger partial charge in [0, 0.05) is 36.0 Å². The molecule has 4 aromatic rings. The van der Waals surface area contributed by atoms with Crippen molar-refractivity contribution in [3.8, 4) is 11.6 Å². The Morgan fingerprint density at radius 1 is 1.07 bits per heavy atom. The molecule has 0 aliphatic carbocycles. The number of nitrogens with zero attached hydrogens (tertiary/aromatic N) is 2. The van der Waals surface area contributed by atoms with Crippen LogP contribution in [0.2, 0.25) is 0 Å². The molecule has 0 atom stereocenters. The van der Waals surface area contributed by atoms with E-state index in [1.54, 1.807) is 6.20 Å². The number of aryl methyl sites for hydroxylation is 2. The lowest BCUT2D eigenvalue weighted by molar-refractivity contribution is 0.467.